The molecule has 18 heavy (non-hydrogen) atoms. The zero-order valence-corrected chi connectivity index (χ0v) is 15.5. The molecule has 96 valence electrons. The molecule has 2 aromatic heterocycles. The van der Waals surface area contributed by atoms with Gasteiger partial charge < -0.3 is 0 Å². The van der Waals surface area contributed by atoms with Crippen molar-refractivity contribution < 1.29 is 0 Å². The first-order chi connectivity index (χ1) is 8.65. The Bertz CT molecular complexity index is 547. The number of thiophene rings is 2. The fourth-order valence-corrected chi connectivity index (χ4v) is 7.66. The number of rotatable bonds is 2. The molecule has 0 bridgehead atoms. The Balaban J connectivity index is 1.94. The van der Waals surface area contributed by atoms with E-state index in [1.165, 1.54) is 37.0 Å². The van der Waals surface area contributed by atoms with Crippen molar-refractivity contribution in [3.8, 4) is 0 Å². The second-order valence-corrected chi connectivity index (χ2v) is 9.66. The minimum Gasteiger partial charge on any atom is -0.157 e. The van der Waals surface area contributed by atoms with Gasteiger partial charge in [-0.15, -0.1) is 22.7 Å². The van der Waals surface area contributed by atoms with Crippen LogP contribution in [0.3, 0.4) is 0 Å². The third-order valence-electron chi connectivity index (χ3n) is 2.96. The molecule has 2 aromatic rings. The highest BCUT2D eigenvalue weighted by Gasteiger charge is 2.21. The predicted octanol–water partition coefficient (Wildman–Crippen LogP) is 6.15. The molecule has 0 aliphatic carbocycles. The van der Waals surface area contributed by atoms with Crippen LogP contribution in [0.25, 0.3) is 0 Å². The van der Waals surface area contributed by atoms with Gasteiger partial charge in [0.05, 0.1) is 4.83 Å². The van der Waals surface area contributed by atoms with Gasteiger partial charge in [0, 0.05) is 29.7 Å². The van der Waals surface area contributed by atoms with Crippen molar-refractivity contribution in [2.75, 3.05) is 5.75 Å². The Morgan fingerprint density at radius 3 is 2.78 bits per heavy atom. The molecule has 0 nitrogen and oxygen atoms in total. The Morgan fingerprint density at radius 2 is 2.11 bits per heavy atom. The molecule has 0 radical (unpaired) electrons. The molecule has 3 heterocycles. The topological polar surface area (TPSA) is 0 Å². The van der Waals surface area contributed by atoms with Crippen molar-refractivity contribution in [1.82, 2.24) is 0 Å². The first-order valence-electron chi connectivity index (χ1n) is 5.74. The second-order valence-electron chi connectivity index (χ2n) is 4.33. The normalized spacial score (nSPS) is 16.6. The molecule has 5 heteroatoms. The van der Waals surface area contributed by atoms with Crippen LogP contribution in [-0.2, 0) is 12.2 Å². The first-order valence-corrected chi connectivity index (χ1v) is 10.2. The van der Waals surface area contributed by atoms with Crippen LogP contribution in [0.15, 0.2) is 16.6 Å². The maximum atomic E-state index is 3.87. The van der Waals surface area contributed by atoms with Gasteiger partial charge >= 0.3 is 0 Å². The summed E-state index contributed by atoms with van der Waals surface area (Å²) in [5.41, 5.74) is 1.56. The summed E-state index contributed by atoms with van der Waals surface area (Å²) < 4.78 is 1.23. The van der Waals surface area contributed by atoms with E-state index in [0.717, 1.165) is 0 Å². The van der Waals surface area contributed by atoms with Crippen molar-refractivity contribution in [2.45, 2.75) is 23.9 Å². The monoisotopic (exact) mass is 422 g/mol. The molecular weight excluding hydrogens is 412 g/mol. The smallest absolute Gasteiger partial charge is 0.0842 e. The van der Waals surface area contributed by atoms with E-state index in [9.17, 15) is 0 Å². The van der Waals surface area contributed by atoms with E-state index >= 15 is 0 Å². The van der Waals surface area contributed by atoms with Crippen LogP contribution in [0.4, 0.5) is 0 Å². The predicted molar refractivity (Wildman–Crippen MR) is 91.7 cm³/mol. The van der Waals surface area contributed by atoms with Crippen LogP contribution in [-0.4, -0.2) is 5.75 Å². The van der Waals surface area contributed by atoms with Crippen LogP contribution >= 0.6 is 66.3 Å². The molecular formula is C13H12Br2S3. The molecule has 0 spiro atoms. The van der Waals surface area contributed by atoms with Crippen molar-refractivity contribution in [2.24, 2.45) is 0 Å². The minimum absolute atomic E-state index is 0.339. The number of halogens is 2. The number of aryl methyl sites for hydroxylation is 2. The average Bonchev–Trinajstić information content (AvgIpc) is 2.91. The fraction of sp³-hybridized carbons (Fsp3) is 0.385. The summed E-state index contributed by atoms with van der Waals surface area (Å²) in [6, 6.07) is 4.60. The Labute approximate surface area is 136 Å². The number of thioether (sulfide) groups is 1. The third-order valence-corrected chi connectivity index (χ3v) is 8.86. The molecule has 0 fully saturated rings. The van der Waals surface area contributed by atoms with Crippen molar-refractivity contribution in [3.63, 3.8) is 0 Å². The van der Waals surface area contributed by atoms with E-state index in [0.29, 0.717) is 4.83 Å². The molecule has 0 amide bonds. The maximum Gasteiger partial charge on any atom is 0.0842 e. The van der Waals surface area contributed by atoms with Crippen molar-refractivity contribution in [3.05, 3.63) is 41.7 Å². The fourth-order valence-electron chi connectivity index (χ4n) is 2.10. The van der Waals surface area contributed by atoms with Crippen LogP contribution in [0.5, 0.6) is 0 Å². The first kappa shape index (κ1) is 13.7. The molecule has 1 atom stereocenters. The highest BCUT2D eigenvalue weighted by Crippen LogP contribution is 2.45. The van der Waals surface area contributed by atoms with Crippen LogP contribution in [0.1, 0.15) is 29.9 Å². The summed E-state index contributed by atoms with van der Waals surface area (Å²) >= 11 is 13.4. The lowest BCUT2D eigenvalue weighted by molar-refractivity contribution is 1.13. The molecule has 3 rings (SSSR count). The van der Waals surface area contributed by atoms with Crippen LogP contribution in [0, 0.1) is 6.92 Å². The quantitative estimate of drug-likeness (QED) is 0.521. The number of alkyl halides is 1. The van der Waals surface area contributed by atoms with Crippen molar-refractivity contribution in [1.29, 1.82) is 0 Å². The van der Waals surface area contributed by atoms with Gasteiger partial charge in [0.2, 0.25) is 0 Å². The van der Waals surface area contributed by atoms with Gasteiger partial charge in [-0.3, -0.25) is 0 Å². The lowest BCUT2D eigenvalue weighted by Crippen LogP contribution is -1.96. The minimum atomic E-state index is 0.339. The molecule has 1 unspecified atom stereocenters. The van der Waals surface area contributed by atoms with Gasteiger partial charge in [-0.25, -0.2) is 0 Å². The highest BCUT2D eigenvalue weighted by atomic mass is 79.9. The van der Waals surface area contributed by atoms with Crippen LogP contribution in [0.2, 0.25) is 0 Å². The largest absolute Gasteiger partial charge is 0.157 e. The Morgan fingerprint density at radius 1 is 1.28 bits per heavy atom. The summed E-state index contributed by atoms with van der Waals surface area (Å²) in [7, 11) is 0. The summed E-state index contributed by atoms with van der Waals surface area (Å²) in [5, 5.41) is 0. The number of hydrogen-bond donors (Lipinski definition) is 0. The van der Waals surface area contributed by atoms with Gasteiger partial charge in [-0.2, -0.15) is 11.8 Å². The molecule has 0 saturated heterocycles. The maximum absolute atomic E-state index is 3.87. The standard InChI is InChI=1S/C13H12Br2S3/c1-7-4-9(14)13(17-7)12(15)11-5-8-6-16-3-2-10(8)18-11/h4-5,12H,2-3,6H2,1H3. The lowest BCUT2D eigenvalue weighted by atomic mass is 10.2. The SMILES string of the molecule is Cc1cc(Br)c(C(Br)c2cc3c(s2)CCSC3)s1. The van der Waals surface area contributed by atoms with E-state index in [2.05, 4.69) is 62.7 Å². The number of hydrogen-bond acceptors (Lipinski definition) is 3. The van der Waals surface area contributed by atoms with Gasteiger partial charge in [0.15, 0.2) is 0 Å². The van der Waals surface area contributed by atoms with Gasteiger partial charge in [0.1, 0.15) is 0 Å². The summed E-state index contributed by atoms with van der Waals surface area (Å²) in [4.78, 5) is 6.13. The summed E-state index contributed by atoms with van der Waals surface area (Å²) in [6.45, 7) is 2.16. The number of fused-ring (bicyclic) bond motifs is 1. The van der Waals surface area contributed by atoms with Crippen LogP contribution < -0.4 is 0 Å². The molecule has 0 saturated carbocycles. The summed E-state index contributed by atoms with van der Waals surface area (Å²) in [6.07, 6.45) is 1.25. The van der Waals surface area contributed by atoms with Crippen molar-refractivity contribution >= 4 is 66.3 Å². The third kappa shape index (κ3) is 2.62. The van der Waals surface area contributed by atoms with E-state index in [1.807, 2.05) is 22.7 Å². The lowest BCUT2D eigenvalue weighted by Gasteiger charge is -2.08. The Hall–Kier alpha value is 0.710. The Kier molecular flexibility index (Phi) is 4.26. The van der Waals surface area contributed by atoms with E-state index in [4.69, 9.17) is 0 Å². The molecule has 0 aromatic carbocycles. The summed E-state index contributed by atoms with van der Waals surface area (Å²) in [5.74, 6) is 2.47. The van der Waals surface area contributed by atoms with E-state index < -0.39 is 0 Å². The van der Waals surface area contributed by atoms with E-state index in [-0.39, 0.29) is 0 Å². The van der Waals surface area contributed by atoms with Gasteiger partial charge in [0.25, 0.3) is 0 Å². The highest BCUT2D eigenvalue weighted by molar-refractivity contribution is 9.11. The van der Waals surface area contributed by atoms with Gasteiger partial charge in [-0.1, -0.05) is 15.9 Å². The molecule has 0 N–H and O–H groups in total. The second kappa shape index (κ2) is 5.60. The molecule has 1 aliphatic heterocycles. The van der Waals surface area contributed by atoms with Gasteiger partial charge in [-0.05, 0) is 52.7 Å². The molecule has 1 aliphatic rings. The zero-order chi connectivity index (χ0) is 12.7. The van der Waals surface area contributed by atoms with E-state index in [1.54, 1.807) is 10.4 Å². The average molecular weight is 424 g/mol. The zero-order valence-electron chi connectivity index (χ0n) is 9.83.